The molecule has 0 fully saturated rings. The molecule has 0 heterocycles. The van der Waals surface area contributed by atoms with Crippen LogP contribution in [0.4, 0.5) is 0 Å². The first-order valence-electron chi connectivity index (χ1n) is 3.54. The van der Waals surface area contributed by atoms with Crippen LogP contribution in [0, 0.1) is 6.61 Å². The fourth-order valence-corrected chi connectivity index (χ4v) is 0.393. The summed E-state index contributed by atoms with van der Waals surface area (Å²) in [4.78, 5) is 0. The van der Waals surface area contributed by atoms with E-state index in [1.807, 2.05) is 12.7 Å². The van der Waals surface area contributed by atoms with Crippen molar-refractivity contribution in [1.29, 1.82) is 0 Å². The molecule has 1 heteroatoms. The van der Waals surface area contributed by atoms with Crippen LogP contribution in [0.15, 0.2) is 12.3 Å². The molecule has 1 nitrogen and oxygen atoms in total. The van der Waals surface area contributed by atoms with Gasteiger partial charge in [0, 0.05) is 0 Å². The Morgan fingerprint density at radius 1 is 1.33 bits per heavy atom. The number of allylic oxidation sites excluding steroid dienone is 1. The van der Waals surface area contributed by atoms with Crippen LogP contribution in [-0.4, -0.2) is 0 Å². The van der Waals surface area contributed by atoms with Gasteiger partial charge in [-0.2, -0.15) is 0 Å². The lowest BCUT2D eigenvalue weighted by molar-refractivity contribution is 0.318. The van der Waals surface area contributed by atoms with Gasteiger partial charge in [-0.3, -0.25) is 0 Å². The number of hydrogen-bond acceptors (Lipinski definition) is 1. The van der Waals surface area contributed by atoms with Crippen LogP contribution in [0.2, 0.25) is 0 Å². The number of rotatable bonds is 5. The van der Waals surface area contributed by atoms with Crippen molar-refractivity contribution in [3.63, 3.8) is 0 Å². The van der Waals surface area contributed by atoms with E-state index in [0.717, 1.165) is 19.3 Å². The molecule has 0 spiro atoms. The van der Waals surface area contributed by atoms with Crippen LogP contribution < -0.4 is 0 Å². The van der Waals surface area contributed by atoms with Gasteiger partial charge in [-0.15, -0.1) is 0 Å². The first kappa shape index (κ1) is 8.54. The average Bonchev–Trinajstić information content (AvgIpc) is 1.89. The van der Waals surface area contributed by atoms with Crippen molar-refractivity contribution in [2.45, 2.75) is 33.1 Å². The van der Waals surface area contributed by atoms with E-state index in [0.29, 0.717) is 0 Å². The molecular weight excluding hydrogens is 112 g/mol. The van der Waals surface area contributed by atoms with Gasteiger partial charge in [-0.25, -0.2) is 0 Å². The van der Waals surface area contributed by atoms with Crippen LogP contribution in [0.5, 0.6) is 0 Å². The largest absolute Gasteiger partial charge is 0.495 e. The average molecular weight is 127 g/mol. The molecule has 0 atom stereocenters. The summed E-state index contributed by atoms with van der Waals surface area (Å²) in [6, 6.07) is 0. The molecule has 0 aromatic rings. The summed E-state index contributed by atoms with van der Waals surface area (Å²) in [6.07, 6.45) is 6.95. The summed E-state index contributed by atoms with van der Waals surface area (Å²) in [5.41, 5.74) is 0. The van der Waals surface area contributed by atoms with E-state index in [1.165, 1.54) is 0 Å². The normalized spacial score (nSPS) is 10.4. The molecule has 53 valence electrons. The van der Waals surface area contributed by atoms with Crippen LogP contribution in [-0.2, 0) is 4.74 Å². The van der Waals surface area contributed by atoms with E-state index in [9.17, 15) is 0 Å². The molecule has 0 N–H and O–H groups in total. The fraction of sp³-hybridized carbons (Fsp3) is 0.625. The summed E-state index contributed by atoms with van der Waals surface area (Å²) in [7, 11) is 0. The molecule has 0 bridgehead atoms. The second kappa shape index (κ2) is 7.54. The molecule has 0 amide bonds. The van der Waals surface area contributed by atoms with E-state index in [-0.39, 0.29) is 0 Å². The Bertz CT molecular complexity index is 67.0. The number of hydrogen-bond donors (Lipinski definition) is 0. The van der Waals surface area contributed by atoms with E-state index in [4.69, 9.17) is 4.74 Å². The van der Waals surface area contributed by atoms with Crippen molar-refractivity contribution in [3.05, 3.63) is 18.9 Å². The smallest absolute Gasteiger partial charge is 0.134 e. The molecule has 0 saturated carbocycles. The maximum Gasteiger partial charge on any atom is 0.134 e. The lowest BCUT2D eigenvalue weighted by atomic mass is 10.4. The minimum Gasteiger partial charge on any atom is -0.495 e. The van der Waals surface area contributed by atoms with E-state index < -0.39 is 0 Å². The van der Waals surface area contributed by atoms with Crippen molar-refractivity contribution in [2.24, 2.45) is 0 Å². The highest BCUT2D eigenvalue weighted by atomic mass is 16.5. The van der Waals surface area contributed by atoms with E-state index >= 15 is 0 Å². The van der Waals surface area contributed by atoms with E-state index in [2.05, 4.69) is 13.8 Å². The molecule has 0 aromatic heterocycles. The molecule has 0 saturated heterocycles. The topological polar surface area (TPSA) is 9.23 Å². The Hall–Kier alpha value is -0.460. The van der Waals surface area contributed by atoms with E-state index in [1.54, 1.807) is 6.26 Å². The number of unbranched alkanes of at least 4 members (excludes halogenated alkanes) is 1. The zero-order valence-electron chi connectivity index (χ0n) is 6.26. The molecule has 0 aliphatic rings. The third-order valence-electron chi connectivity index (χ3n) is 0.913. The Morgan fingerprint density at radius 2 is 2.11 bits per heavy atom. The van der Waals surface area contributed by atoms with Gasteiger partial charge in [0.05, 0.1) is 6.26 Å². The molecule has 0 aliphatic heterocycles. The van der Waals surface area contributed by atoms with Crippen molar-refractivity contribution in [3.8, 4) is 0 Å². The second-order valence-corrected chi connectivity index (χ2v) is 1.87. The maximum absolute atomic E-state index is 5.01. The van der Waals surface area contributed by atoms with Gasteiger partial charge in [0.15, 0.2) is 0 Å². The summed E-state index contributed by atoms with van der Waals surface area (Å²) in [5, 5.41) is 0. The molecule has 0 unspecified atom stereocenters. The lowest BCUT2D eigenvalue weighted by Gasteiger charge is -1.94. The first-order valence-corrected chi connectivity index (χ1v) is 3.54. The van der Waals surface area contributed by atoms with Gasteiger partial charge < -0.3 is 4.74 Å². The molecular formula is C8H15O. The minimum atomic E-state index is 1.04. The third-order valence-corrected chi connectivity index (χ3v) is 0.913. The predicted molar refractivity (Wildman–Crippen MR) is 39.7 cm³/mol. The molecule has 0 aromatic carbocycles. The predicted octanol–water partition coefficient (Wildman–Crippen LogP) is 2.89. The van der Waals surface area contributed by atoms with Crippen LogP contribution in [0.1, 0.15) is 33.1 Å². The molecule has 0 rings (SSSR count). The van der Waals surface area contributed by atoms with Gasteiger partial charge >= 0.3 is 0 Å². The lowest BCUT2D eigenvalue weighted by Crippen LogP contribution is -1.76. The highest BCUT2D eigenvalue weighted by Gasteiger charge is 1.79. The highest BCUT2D eigenvalue weighted by Crippen LogP contribution is 1.94. The SMILES string of the molecule is CC/C=C/O[CH]CCC. The first-order chi connectivity index (χ1) is 4.41. The van der Waals surface area contributed by atoms with Crippen molar-refractivity contribution in [1.82, 2.24) is 0 Å². The van der Waals surface area contributed by atoms with Gasteiger partial charge in [0.1, 0.15) is 6.61 Å². The van der Waals surface area contributed by atoms with Crippen LogP contribution in [0.3, 0.4) is 0 Å². The fourth-order valence-electron chi connectivity index (χ4n) is 0.393. The summed E-state index contributed by atoms with van der Waals surface area (Å²) < 4.78 is 5.01. The van der Waals surface area contributed by atoms with Crippen molar-refractivity contribution < 1.29 is 4.74 Å². The molecule has 1 radical (unpaired) electrons. The standard InChI is InChI=1S/C8H15O/c1-3-5-7-9-8-6-4-2/h5,7-8H,3-4,6H2,1-2H3/b7-5+. The summed E-state index contributed by atoms with van der Waals surface area (Å²) >= 11 is 0. The van der Waals surface area contributed by atoms with Gasteiger partial charge in [-0.1, -0.05) is 26.3 Å². The van der Waals surface area contributed by atoms with Crippen LogP contribution >= 0.6 is 0 Å². The Balaban J connectivity index is 2.82. The third kappa shape index (κ3) is 7.54. The Morgan fingerprint density at radius 3 is 2.67 bits per heavy atom. The highest BCUT2D eigenvalue weighted by molar-refractivity contribution is 4.72. The molecule has 9 heavy (non-hydrogen) atoms. The number of ether oxygens (including phenoxy) is 1. The monoisotopic (exact) mass is 127 g/mol. The maximum atomic E-state index is 5.01. The van der Waals surface area contributed by atoms with Gasteiger partial charge in [0.25, 0.3) is 0 Å². The van der Waals surface area contributed by atoms with Crippen molar-refractivity contribution in [2.75, 3.05) is 0 Å². The summed E-state index contributed by atoms with van der Waals surface area (Å²) in [5.74, 6) is 0. The zero-order valence-corrected chi connectivity index (χ0v) is 6.26. The quantitative estimate of drug-likeness (QED) is 0.407. The molecule has 0 aliphatic carbocycles. The zero-order chi connectivity index (χ0) is 6.95. The van der Waals surface area contributed by atoms with Crippen molar-refractivity contribution >= 4 is 0 Å². The van der Waals surface area contributed by atoms with Crippen LogP contribution in [0.25, 0.3) is 0 Å². The Labute approximate surface area is 57.7 Å². The second-order valence-electron chi connectivity index (χ2n) is 1.87. The minimum absolute atomic E-state index is 1.04. The van der Waals surface area contributed by atoms with Gasteiger partial charge in [0.2, 0.25) is 0 Å². The summed E-state index contributed by atoms with van der Waals surface area (Å²) in [6.45, 7) is 6.04. The Kier molecular flexibility index (Phi) is 7.15. The van der Waals surface area contributed by atoms with Gasteiger partial charge in [-0.05, 0) is 12.8 Å².